The molecule has 2 heteroatoms. The van der Waals surface area contributed by atoms with Gasteiger partial charge in [-0.3, -0.25) is 0 Å². The topological polar surface area (TPSA) is 8.17 Å². The van der Waals surface area contributed by atoms with Crippen molar-refractivity contribution in [1.29, 1.82) is 0 Å². The molecule has 0 aliphatic heterocycles. The quantitative estimate of drug-likeness (QED) is 0.0994. The summed E-state index contributed by atoms with van der Waals surface area (Å²) in [4.78, 5) is 2.40. The van der Waals surface area contributed by atoms with Gasteiger partial charge in [0.05, 0.1) is 11.2 Å². The van der Waals surface area contributed by atoms with Crippen LogP contribution >= 0.6 is 0 Å². The highest BCUT2D eigenvalue weighted by Crippen LogP contribution is 2.45. The van der Waals surface area contributed by atoms with E-state index in [9.17, 15) is 0 Å². The van der Waals surface area contributed by atoms with Crippen LogP contribution in [0.4, 0.5) is 17.1 Å². The Morgan fingerprint density at radius 3 is 1.83 bits per heavy atom. The molecule has 0 unspecified atom stereocenters. The molecule has 0 atom stereocenters. The molecule has 60 heavy (non-hydrogen) atoms. The largest absolute Gasteiger partial charge is 0.316 e. The second-order valence-electron chi connectivity index (χ2n) is 15.3. The van der Waals surface area contributed by atoms with Gasteiger partial charge in [0, 0.05) is 34.0 Å². The van der Waals surface area contributed by atoms with Crippen molar-refractivity contribution in [2.75, 3.05) is 4.90 Å². The monoisotopic (exact) mass is 768 g/mol. The van der Waals surface area contributed by atoms with E-state index >= 15 is 0 Å². The lowest BCUT2D eigenvalue weighted by molar-refractivity contribution is 1.12. The molecule has 0 bridgehead atoms. The summed E-state index contributed by atoms with van der Waals surface area (Å²) in [6, 6.07) is 68.5. The van der Waals surface area contributed by atoms with Gasteiger partial charge in [0.1, 0.15) is 0 Å². The highest BCUT2D eigenvalue weighted by atomic mass is 15.1. The molecule has 0 saturated heterocycles. The molecule has 286 valence electrons. The van der Waals surface area contributed by atoms with Crippen molar-refractivity contribution in [3.8, 4) is 27.9 Å². The minimum Gasteiger partial charge on any atom is -0.316 e. The van der Waals surface area contributed by atoms with Gasteiger partial charge in [-0.15, -0.1) is 0 Å². The van der Waals surface area contributed by atoms with Gasteiger partial charge < -0.3 is 9.47 Å². The second-order valence-corrected chi connectivity index (χ2v) is 15.3. The number of nitrogens with zero attached hydrogens (tertiary/aromatic N) is 2. The Hall–Kier alpha value is -7.68. The van der Waals surface area contributed by atoms with Gasteiger partial charge >= 0.3 is 0 Å². The predicted molar refractivity (Wildman–Crippen MR) is 258 cm³/mol. The summed E-state index contributed by atoms with van der Waals surface area (Å²) in [5, 5.41) is 8.77. The van der Waals surface area contributed by atoms with Crippen molar-refractivity contribution in [3.63, 3.8) is 0 Å². The molecule has 9 aromatic carbocycles. The normalized spacial score (nSPS) is 11.8. The van der Waals surface area contributed by atoms with Crippen molar-refractivity contribution in [2.45, 2.75) is 13.3 Å². The summed E-state index contributed by atoms with van der Waals surface area (Å²) in [5.74, 6) is 0. The number of para-hydroxylation sites is 1. The van der Waals surface area contributed by atoms with Crippen LogP contribution in [0, 0.1) is 6.92 Å². The molecule has 1 heterocycles. The maximum Gasteiger partial charge on any atom is 0.0540 e. The van der Waals surface area contributed by atoms with E-state index in [1.54, 1.807) is 0 Å². The van der Waals surface area contributed by atoms with Crippen molar-refractivity contribution in [3.05, 3.63) is 242 Å². The lowest BCUT2D eigenvalue weighted by Crippen LogP contribution is -2.10. The lowest BCUT2D eigenvalue weighted by atomic mass is 9.85. The van der Waals surface area contributed by atoms with E-state index in [2.05, 4.69) is 229 Å². The Balaban J connectivity index is 1.10. The number of anilines is 3. The maximum absolute atomic E-state index is 3.81. The van der Waals surface area contributed by atoms with Gasteiger partial charge in [-0.2, -0.15) is 0 Å². The summed E-state index contributed by atoms with van der Waals surface area (Å²) in [7, 11) is 0. The molecule has 1 aromatic heterocycles. The van der Waals surface area contributed by atoms with Crippen LogP contribution in [0.3, 0.4) is 0 Å². The average molecular weight is 769 g/mol. The fourth-order valence-electron chi connectivity index (χ4n) is 9.03. The second kappa shape index (κ2) is 15.9. The summed E-state index contributed by atoms with van der Waals surface area (Å²) in [5.41, 5.74) is 13.2. The molecule has 0 spiro atoms. The van der Waals surface area contributed by atoms with Crippen LogP contribution < -0.4 is 4.90 Å². The third-order valence-electron chi connectivity index (χ3n) is 11.8. The Morgan fingerprint density at radius 1 is 0.500 bits per heavy atom. The molecule has 0 saturated carbocycles. The van der Waals surface area contributed by atoms with Gasteiger partial charge in [-0.05, 0) is 128 Å². The summed E-state index contributed by atoms with van der Waals surface area (Å²) >= 11 is 0. The number of allylic oxidation sites excluding steroid dienone is 5. The zero-order valence-corrected chi connectivity index (χ0v) is 33.7. The smallest absolute Gasteiger partial charge is 0.0540 e. The fraction of sp³-hybridized carbons (Fsp3) is 0.0345. The molecule has 10 aromatic rings. The Bertz CT molecular complexity index is 3180. The van der Waals surface area contributed by atoms with Crippen LogP contribution in [0.1, 0.15) is 11.1 Å². The molecule has 0 amide bonds. The molecule has 10 rings (SSSR count). The standard InChI is InChI=1S/C58H44N2/c1-3-4-5-6-13-24-47-48-25-14-16-27-52(48)58(53-28-17-15-26-49(47)53)54-31-18-30-51-50(54)29-19-32-57(51)60(45-22-11-8-12-23-45)46-36-34-44(35-37-46)59-40-41(2)55-39-43(33-38-56(55)59)42-20-9-7-10-21-42/h3-23,25-40H,1,24H2,2H3/b5-4-,13-6-. The lowest BCUT2D eigenvalue weighted by Gasteiger charge is -2.27. The van der Waals surface area contributed by atoms with E-state index in [1.165, 1.54) is 76.6 Å². The first-order chi connectivity index (χ1) is 29.7. The Labute approximate surface area is 351 Å². The van der Waals surface area contributed by atoms with Crippen molar-refractivity contribution < 1.29 is 0 Å². The van der Waals surface area contributed by atoms with Crippen molar-refractivity contribution in [1.82, 2.24) is 4.57 Å². The number of hydrogen-bond acceptors (Lipinski definition) is 1. The summed E-state index contributed by atoms with van der Waals surface area (Å²) in [6.07, 6.45) is 13.3. The minimum absolute atomic E-state index is 0.836. The van der Waals surface area contributed by atoms with Gasteiger partial charge in [0.25, 0.3) is 0 Å². The number of aryl methyl sites for hydroxylation is 1. The molecule has 0 N–H and O–H groups in total. The van der Waals surface area contributed by atoms with Gasteiger partial charge in [-0.25, -0.2) is 0 Å². The van der Waals surface area contributed by atoms with Crippen molar-refractivity contribution in [2.24, 2.45) is 0 Å². The van der Waals surface area contributed by atoms with E-state index in [0.717, 1.165) is 29.2 Å². The highest BCUT2D eigenvalue weighted by molar-refractivity contribution is 6.19. The average Bonchev–Trinajstić information content (AvgIpc) is 3.64. The Morgan fingerprint density at radius 2 is 1.12 bits per heavy atom. The number of hydrogen-bond donors (Lipinski definition) is 0. The molecule has 0 fully saturated rings. The van der Waals surface area contributed by atoms with Crippen LogP contribution in [0.25, 0.3) is 71.2 Å². The zero-order valence-electron chi connectivity index (χ0n) is 33.7. The predicted octanol–water partition coefficient (Wildman–Crippen LogP) is 16.0. The van der Waals surface area contributed by atoms with Crippen LogP contribution in [0.15, 0.2) is 231 Å². The fourth-order valence-corrected chi connectivity index (χ4v) is 9.03. The molecular weight excluding hydrogens is 725 g/mol. The van der Waals surface area contributed by atoms with E-state index < -0.39 is 0 Å². The number of benzene rings is 9. The van der Waals surface area contributed by atoms with E-state index in [4.69, 9.17) is 0 Å². The third kappa shape index (κ3) is 6.59. The van der Waals surface area contributed by atoms with Crippen LogP contribution in [-0.4, -0.2) is 4.57 Å². The number of aromatic nitrogens is 1. The van der Waals surface area contributed by atoms with E-state index in [-0.39, 0.29) is 0 Å². The van der Waals surface area contributed by atoms with Crippen LogP contribution in [-0.2, 0) is 6.42 Å². The molecule has 0 aliphatic rings. The molecule has 2 nitrogen and oxygen atoms in total. The van der Waals surface area contributed by atoms with Crippen LogP contribution in [0.5, 0.6) is 0 Å². The number of fused-ring (bicyclic) bond motifs is 4. The maximum atomic E-state index is 3.81. The summed E-state index contributed by atoms with van der Waals surface area (Å²) < 4.78 is 2.32. The minimum atomic E-state index is 0.836. The highest BCUT2D eigenvalue weighted by Gasteiger charge is 2.20. The van der Waals surface area contributed by atoms with Crippen LogP contribution in [0.2, 0.25) is 0 Å². The van der Waals surface area contributed by atoms with Crippen molar-refractivity contribution >= 4 is 60.3 Å². The first kappa shape index (κ1) is 36.6. The third-order valence-corrected chi connectivity index (χ3v) is 11.8. The summed E-state index contributed by atoms with van der Waals surface area (Å²) in [6.45, 7) is 6.02. The zero-order chi connectivity index (χ0) is 40.4. The van der Waals surface area contributed by atoms with Gasteiger partial charge in [0.15, 0.2) is 0 Å². The molecular formula is C58H44N2. The Kier molecular flexibility index (Phi) is 9.73. The van der Waals surface area contributed by atoms with Gasteiger partial charge in [0.2, 0.25) is 0 Å². The molecule has 0 radical (unpaired) electrons. The first-order valence-electron chi connectivity index (χ1n) is 20.7. The first-order valence-corrected chi connectivity index (χ1v) is 20.7. The van der Waals surface area contributed by atoms with E-state index in [1.807, 2.05) is 18.2 Å². The van der Waals surface area contributed by atoms with Gasteiger partial charge in [-0.1, -0.05) is 170 Å². The van der Waals surface area contributed by atoms with E-state index in [0.29, 0.717) is 0 Å². The SMILES string of the molecule is C=C/C=C\C=C/Cc1c2ccccc2c(-c2cccc3c(N(c4ccccc4)c4ccc(-n5cc(C)c6cc(-c7ccccc7)ccc65)cc4)cccc23)c2ccccc12. The molecule has 0 aliphatic carbocycles. The number of rotatable bonds is 10.